The molecule has 126 heavy (non-hydrogen) atoms. The first-order valence-electron chi connectivity index (χ1n) is 43.1. The van der Waals surface area contributed by atoms with Gasteiger partial charge >= 0.3 is 7.12 Å². The van der Waals surface area contributed by atoms with Crippen LogP contribution in [0.2, 0.25) is 0 Å². The molecule has 3 N–H and O–H groups in total. The van der Waals surface area contributed by atoms with Crippen molar-refractivity contribution in [2.75, 3.05) is 39.3 Å². The van der Waals surface area contributed by atoms with Crippen LogP contribution in [-0.2, 0) is 55.4 Å². The number of fused-ring (bicyclic) bond motifs is 6. The number of likely N-dealkylation sites (tertiary alicyclic amines) is 3. The standard InChI is InChI=1S/C34H32N4O2S.C28H27N3.C22H16BrN3O2S.C18H28BNO2.2CH4.B/c1-24-5-12-30(13-6-24)41(39,40)38-23-32(27-11-14-33-28(19-27)15-16-35-33)31-20-29(21-36-34(31)38)26-9-7-25(8-10-26)22-37-17-3-2-4-18-37;1-2-14-31(15-3-1)19-20-4-6-21(7-5-20)24-17-26-25(9-11-28(26)30-18-24)22-8-10-27-23(16-22)12-13-29-27;1-14-2-5-18(6-3-14)29(27,28)26-13-20(19-11-17(23)12-25-22(19)26)15-4-7-21-16(10-15)8-9-24-21;1-17(2)18(3,4)22-19(21-17)16-10-8-15(9-11-16)14-20-12-6-5-7-13-20;;;/h5-16,19-21,23,35H,2-4,17-18,22H2,1H3;4-10,12-13,16-18,29H,1-3,11,14-15,19H2;2-13,24H,1H3;8-11H,5-7,12-14H2,1-4H3;2*1H4;. The highest BCUT2D eigenvalue weighted by Crippen LogP contribution is 2.42. The van der Waals surface area contributed by atoms with Crippen molar-refractivity contribution in [2.24, 2.45) is 0 Å². The third kappa shape index (κ3) is 19.3. The average molecular weight is 1780 g/mol. The molecule has 0 unspecified atom stereocenters. The summed E-state index contributed by atoms with van der Waals surface area (Å²) in [5, 5.41) is 4.95. The van der Waals surface area contributed by atoms with Crippen LogP contribution in [0.25, 0.3) is 105 Å². The summed E-state index contributed by atoms with van der Waals surface area (Å²) in [5.41, 5.74) is 23.7. The number of pyridine rings is 3. The Morgan fingerprint density at radius 3 is 1.21 bits per heavy atom. The van der Waals surface area contributed by atoms with Crippen molar-refractivity contribution in [3.05, 3.63) is 317 Å². The molecule has 0 amide bonds. The van der Waals surface area contributed by atoms with E-state index < -0.39 is 20.0 Å². The van der Waals surface area contributed by atoms with Crippen LogP contribution in [0.15, 0.2) is 282 Å². The molecule has 0 saturated carbocycles. The molecule has 21 rings (SSSR count). The Balaban J connectivity index is 0.000000132. The van der Waals surface area contributed by atoms with E-state index in [1.807, 2.05) is 99.3 Å². The van der Waals surface area contributed by atoms with Gasteiger partial charge in [0.05, 0.1) is 26.7 Å². The Hall–Kier alpha value is -11.0. The SMILES string of the molecule is C.C.C1=C(c2ccc3[nH]ccc3c2)c2cc(-c3ccc(CN4CCCCC4)cc3)cnc2C1.CC1(C)OB(c2ccc(CN3CCCCC3)cc2)OC1(C)C.Cc1ccc(S(=O)(=O)n2cc(-c3ccc4[nH]ccc4c3)c3cc(-c4ccc(CN5CCCCC5)cc4)cnc32)cc1.Cc1ccc(S(=O)(=O)n2cc(-c3ccc4[nH]ccc4c3)c3cc(Br)cnc32)cc1.[B]. The fraction of sp³-hybridized carbons (Fsp3) is 0.279. The second-order valence-electron chi connectivity index (χ2n) is 34.5. The molecule has 5 aliphatic rings. The zero-order valence-electron chi connectivity index (χ0n) is 71.2. The number of halogens is 1. The number of H-pyrrole nitrogens is 3. The van der Waals surface area contributed by atoms with Crippen LogP contribution < -0.4 is 5.46 Å². The van der Waals surface area contributed by atoms with Gasteiger partial charge in [-0.3, -0.25) is 19.7 Å². The van der Waals surface area contributed by atoms with E-state index in [-0.39, 0.29) is 51.4 Å². The van der Waals surface area contributed by atoms with E-state index in [9.17, 15) is 16.8 Å². The summed E-state index contributed by atoms with van der Waals surface area (Å²) in [5.74, 6) is 0. The summed E-state index contributed by atoms with van der Waals surface area (Å²) in [4.78, 5) is 31.8. The van der Waals surface area contributed by atoms with E-state index in [4.69, 9.17) is 19.3 Å². The van der Waals surface area contributed by atoms with E-state index in [0.29, 0.717) is 11.3 Å². The van der Waals surface area contributed by atoms with Gasteiger partial charge in [-0.25, -0.2) is 34.7 Å². The summed E-state index contributed by atoms with van der Waals surface area (Å²) >= 11 is 3.46. The van der Waals surface area contributed by atoms with Gasteiger partial charge in [-0.2, -0.15) is 0 Å². The van der Waals surface area contributed by atoms with Crippen molar-refractivity contribution in [3.63, 3.8) is 0 Å². The lowest BCUT2D eigenvalue weighted by atomic mass is 9.79. The zero-order valence-corrected chi connectivity index (χ0v) is 74.4. The third-order valence-electron chi connectivity index (χ3n) is 25.3. The first kappa shape index (κ1) is 89.8. The first-order chi connectivity index (χ1) is 59.6. The summed E-state index contributed by atoms with van der Waals surface area (Å²) < 4.78 is 70.0. The number of allylic oxidation sites excluding steroid dienone is 1. The van der Waals surface area contributed by atoms with Crippen LogP contribution in [-0.4, -0.2) is 135 Å². The van der Waals surface area contributed by atoms with E-state index >= 15 is 0 Å². The molecule has 1 aliphatic carbocycles. The van der Waals surface area contributed by atoms with Crippen LogP contribution in [0.3, 0.4) is 0 Å². The summed E-state index contributed by atoms with van der Waals surface area (Å²) in [7, 11) is -7.89. The Labute approximate surface area is 752 Å². The predicted molar refractivity (Wildman–Crippen MR) is 522 cm³/mol. The molecule has 643 valence electrons. The van der Waals surface area contributed by atoms with Crippen molar-refractivity contribution >= 4 is 117 Å². The van der Waals surface area contributed by atoms with E-state index in [2.05, 4.69) is 200 Å². The topological polar surface area (TPSA) is 192 Å². The lowest BCUT2D eigenvalue weighted by Gasteiger charge is -2.32. The van der Waals surface area contributed by atoms with Crippen molar-refractivity contribution in [3.8, 4) is 44.5 Å². The number of benzene rings is 8. The van der Waals surface area contributed by atoms with Gasteiger partial charge in [-0.15, -0.1) is 0 Å². The number of aromatic amines is 3. The Morgan fingerprint density at radius 1 is 0.405 bits per heavy atom. The third-order valence-corrected chi connectivity index (χ3v) is 29.1. The Kier molecular flexibility index (Phi) is 27.3. The van der Waals surface area contributed by atoms with Crippen LogP contribution in [0.4, 0.5) is 0 Å². The maximum Gasteiger partial charge on any atom is 0.494 e. The fourth-order valence-electron chi connectivity index (χ4n) is 17.5. The molecule has 0 bridgehead atoms. The molecular formula is C104H111B2BrN11O6S2. The zero-order chi connectivity index (χ0) is 84.6. The van der Waals surface area contributed by atoms with Gasteiger partial charge in [0.1, 0.15) is 0 Å². The quantitative estimate of drug-likeness (QED) is 0.0777. The van der Waals surface area contributed by atoms with Crippen LogP contribution in [0, 0.1) is 13.8 Å². The van der Waals surface area contributed by atoms with Crippen molar-refractivity contribution in [2.45, 2.75) is 161 Å². The minimum Gasteiger partial charge on any atom is -0.399 e. The van der Waals surface area contributed by atoms with Gasteiger partial charge in [-0.05, 0) is 304 Å². The predicted octanol–water partition coefficient (Wildman–Crippen LogP) is 22.9. The monoisotopic (exact) mass is 1770 g/mol. The molecule has 16 aromatic rings. The number of hydrogen-bond donors (Lipinski definition) is 3. The van der Waals surface area contributed by atoms with E-state index in [0.717, 1.165) is 113 Å². The molecule has 0 atom stereocenters. The molecule has 0 spiro atoms. The number of hydrogen-bond acceptors (Lipinski definition) is 12. The number of aryl methyl sites for hydroxylation is 2. The second-order valence-corrected chi connectivity index (χ2v) is 39.1. The van der Waals surface area contributed by atoms with Gasteiger partial charge < -0.3 is 24.3 Å². The number of nitrogens with zero attached hydrogens (tertiary/aromatic N) is 8. The van der Waals surface area contributed by atoms with Gasteiger partial charge in [-0.1, -0.05) is 167 Å². The van der Waals surface area contributed by atoms with Gasteiger partial charge in [0.2, 0.25) is 0 Å². The normalized spacial score (nSPS) is 15.9. The lowest BCUT2D eigenvalue weighted by molar-refractivity contribution is 0.00578. The molecule has 4 aliphatic heterocycles. The van der Waals surface area contributed by atoms with Crippen molar-refractivity contribution in [1.29, 1.82) is 0 Å². The minimum absolute atomic E-state index is 0. The first-order valence-corrected chi connectivity index (χ1v) is 46.8. The van der Waals surface area contributed by atoms with Crippen LogP contribution >= 0.6 is 15.9 Å². The molecule has 4 saturated heterocycles. The van der Waals surface area contributed by atoms with Gasteiger partial charge in [0.15, 0.2) is 11.3 Å². The number of nitrogens with one attached hydrogen (secondary N) is 3. The van der Waals surface area contributed by atoms with Gasteiger partial charge in [0, 0.05) is 144 Å². The Morgan fingerprint density at radius 2 is 0.778 bits per heavy atom. The van der Waals surface area contributed by atoms with E-state index in [1.165, 1.54) is 166 Å². The number of rotatable bonds is 16. The van der Waals surface area contributed by atoms with Crippen LogP contribution in [0.1, 0.15) is 145 Å². The smallest absolute Gasteiger partial charge is 0.399 e. The summed E-state index contributed by atoms with van der Waals surface area (Å²) in [6.07, 6.45) is 29.8. The highest BCUT2D eigenvalue weighted by Gasteiger charge is 2.51. The molecule has 4 fully saturated rings. The van der Waals surface area contributed by atoms with Gasteiger partial charge in [0.25, 0.3) is 20.0 Å². The summed E-state index contributed by atoms with van der Waals surface area (Å²) in [6.45, 7) is 22.6. The molecule has 22 heteroatoms. The molecule has 3 radical (unpaired) electrons. The average Bonchev–Trinajstić information content (AvgIpc) is 1.59. The maximum atomic E-state index is 13.8. The molecular weight excluding hydrogens is 1660 g/mol. The summed E-state index contributed by atoms with van der Waals surface area (Å²) in [6, 6.07) is 71.6. The molecule has 8 aromatic carbocycles. The fourth-order valence-corrected chi connectivity index (χ4v) is 20.5. The molecule has 17 nitrogen and oxygen atoms in total. The van der Waals surface area contributed by atoms with Crippen molar-refractivity contribution < 1.29 is 26.1 Å². The maximum absolute atomic E-state index is 13.8. The van der Waals surface area contributed by atoms with Crippen molar-refractivity contribution in [1.82, 2.24) is 52.5 Å². The molecule has 8 aromatic heterocycles. The minimum atomic E-state index is -3.86. The molecule has 12 heterocycles. The Bertz CT molecular complexity index is 6770. The number of aromatic nitrogens is 8. The second kappa shape index (κ2) is 38.3. The highest BCUT2D eigenvalue weighted by molar-refractivity contribution is 9.10. The van der Waals surface area contributed by atoms with Crippen LogP contribution in [0.5, 0.6) is 0 Å². The number of piperidine rings is 3. The highest BCUT2D eigenvalue weighted by atomic mass is 79.9. The van der Waals surface area contributed by atoms with E-state index in [1.54, 1.807) is 61.2 Å². The lowest BCUT2D eigenvalue weighted by Crippen LogP contribution is -2.41. The largest absolute Gasteiger partial charge is 0.494 e.